The van der Waals surface area contributed by atoms with Gasteiger partial charge < -0.3 is 19.9 Å². The minimum atomic E-state index is -1.07. The van der Waals surface area contributed by atoms with Crippen molar-refractivity contribution in [2.75, 3.05) is 20.8 Å². The molecule has 0 aliphatic carbocycles. The summed E-state index contributed by atoms with van der Waals surface area (Å²) in [6.45, 7) is 1.65. The zero-order valence-electron chi connectivity index (χ0n) is 14.4. The number of aliphatic carboxylic acids is 1. The van der Waals surface area contributed by atoms with Gasteiger partial charge in [-0.05, 0) is 19.1 Å². The zero-order valence-corrected chi connectivity index (χ0v) is 14.4. The van der Waals surface area contributed by atoms with E-state index in [2.05, 4.69) is 10.4 Å². The van der Waals surface area contributed by atoms with E-state index in [-0.39, 0.29) is 24.5 Å². The van der Waals surface area contributed by atoms with Crippen molar-refractivity contribution in [3.8, 4) is 11.4 Å². The first kappa shape index (κ1) is 18.5. The molecule has 0 aliphatic heterocycles. The van der Waals surface area contributed by atoms with Crippen molar-refractivity contribution < 1.29 is 24.2 Å². The number of hydrogen-bond acceptors (Lipinski definition) is 5. The van der Waals surface area contributed by atoms with Crippen LogP contribution in [0.15, 0.2) is 36.5 Å². The topological polar surface area (TPSA) is 103 Å². The van der Waals surface area contributed by atoms with Crippen molar-refractivity contribution in [1.29, 1.82) is 0 Å². The summed E-state index contributed by atoms with van der Waals surface area (Å²) in [6, 6.07) is 9.26. The molecule has 1 amide bonds. The molecular formula is C17H21N3O5. The Bertz CT molecular complexity index is 744. The predicted molar refractivity (Wildman–Crippen MR) is 90.1 cm³/mol. The number of nitrogens with zero attached hydrogens (tertiary/aromatic N) is 2. The molecule has 1 unspecified atom stereocenters. The number of carbonyl (C=O) groups is 2. The smallest absolute Gasteiger partial charge is 0.305 e. The van der Waals surface area contributed by atoms with Gasteiger partial charge in [-0.15, -0.1) is 0 Å². The second kappa shape index (κ2) is 7.80. The Hall–Kier alpha value is -2.87. The fraction of sp³-hybridized carbons (Fsp3) is 0.353. The van der Waals surface area contributed by atoms with Crippen molar-refractivity contribution in [2.45, 2.75) is 18.9 Å². The highest BCUT2D eigenvalue weighted by molar-refractivity contribution is 5.95. The van der Waals surface area contributed by atoms with E-state index in [1.54, 1.807) is 13.1 Å². The molecule has 0 saturated heterocycles. The molecule has 134 valence electrons. The predicted octanol–water partition coefficient (Wildman–Crippen LogP) is 1.49. The van der Waals surface area contributed by atoms with Crippen LogP contribution in [0.3, 0.4) is 0 Å². The van der Waals surface area contributed by atoms with Crippen LogP contribution >= 0.6 is 0 Å². The third-order valence-electron chi connectivity index (χ3n) is 3.56. The lowest BCUT2D eigenvalue weighted by Gasteiger charge is -2.28. The van der Waals surface area contributed by atoms with Crippen LogP contribution in [0, 0.1) is 0 Å². The molecule has 0 bridgehead atoms. The molecule has 25 heavy (non-hydrogen) atoms. The summed E-state index contributed by atoms with van der Waals surface area (Å²) in [5, 5.41) is 16.0. The Morgan fingerprint density at radius 1 is 1.28 bits per heavy atom. The molecule has 1 atom stereocenters. The Morgan fingerprint density at radius 3 is 2.52 bits per heavy atom. The first-order chi connectivity index (χ1) is 11.9. The van der Waals surface area contributed by atoms with Crippen LogP contribution in [-0.2, 0) is 9.53 Å². The molecule has 0 radical (unpaired) electrons. The van der Waals surface area contributed by atoms with Crippen LogP contribution in [0.2, 0.25) is 0 Å². The molecule has 0 fully saturated rings. The molecule has 0 spiro atoms. The molecule has 1 aromatic carbocycles. The summed E-state index contributed by atoms with van der Waals surface area (Å²) in [5.41, 5.74) is -0.233. The average Bonchev–Trinajstić information content (AvgIpc) is 2.99. The van der Waals surface area contributed by atoms with E-state index in [0.717, 1.165) is 5.69 Å². The van der Waals surface area contributed by atoms with Crippen molar-refractivity contribution >= 4 is 11.9 Å². The fourth-order valence-corrected chi connectivity index (χ4v) is 2.49. The third kappa shape index (κ3) is 4.57. The number of rotatable bonds is 8. The van der Waals surface area contributed by atoms with Crippen LogP contribution in [-0.4, -0.2) is 53.1 Å². The zero-order chi connectivity index (χ0) is 18.4. The highest BCUT2D eigenvalue weighted by atomic mass is 16.5. The highest BCUT2D eigenvalue weighted by Gasteiger charge is 2.32. The number of ether oxygens (including phenoxy) is 2. The number of carboxylic acids is 1. The number of carboxylic acid groups (broad SMARTS) is 1. The van der Waals surface area contributed by atoms with E-state index in [1.165, 1.54) is 18.9 Å². The minimum Gasteiger partial charge on any atom is -0.493 e. The number of para-hydroxylation sites is 1. The van der Waals surface area contributed by atoms with Crippen LogP contribution in [0.1, 0.15) is 23.8 Å². The lowest BCUT2D eigenvalue weighted by Crippen LogP contribution is -2.51. The average molecular weight is 347 g/mol. The van der Waals surface area contributed by atoms with E-state index >= 15 is 0 Å². The van der Waals surface area contributed by atoms with E-state index in [4.69, 9.17) is 14.6 Å². The monoisotopic (exact) mass is 347 g/mol. The van der Waals surface area contributed by atoms with Crippen LogP contribution in [0.25, 0.3) is 5.69 Å². The maximum Gasteiger partial charge on any atom is 0.305 e. The fourth-order valence-electron chi connectivity index (χ4n) is 2.49. The lowest BCUT2D eigenvalue weighted by atomic mass is 9.98. The second-order valence-electron chi connectivity index (χ2n) is 5.84. The molecule has 1 heterocycles. The van der Waals surface area contributed by atoms with Crippen LogP contribution in [0.5, 0.6) is 5.75 Å². The van der Waals surface area contributed by atoms with Crippen molar-refractivity contribution in [3.05, 3.63) is 42.2 Å². The second-order valence-corrected chi connectivity index (χ2v) is 5.84. The van der Waals surface area contributed by atoms with Crippen molar-refractivity contribution in [1.82, 2.24) is 15.1 Å². The lowest BCUT2D eigenvalue weighted by molar-refractivity contribution is -0.139. The van der Waals surface area contributed by atoms with E-state index in [1.807, 2.05) is 30.3 Å². The maximum atomic E-state index is 12.6. The summed E-state index contributed by atoms with van der Waals surface area (Å²) in [5.74, 6) is -1.29. The normalized spacial score (nSPS) is 13.1. The number of methoxy groups -OCH3 is 2. The molecule has 2 aromatic rings. The summed E-state index contributed by atoms with van der Waals surface area (Å²) in [4.78, 5) is 23.7. The molecule has 8 nitrogen and oxygen atoms in total. The van der Waals surface area contributed by atoms with Gasteiger partial charge in [0.05, 0.1) is 37.6 Å². The van der Waals surface area contributed by atoms with Crippen molar-refractivity contribution in [2.24, 2.45) is 0 Å². The standard InChI is InChI=1S/C17H21N3O5/c1-17(11-24-2,9-14(21)22)18-16(23)15-13(25-3)10-20(19-15)12-7-5-4-6-8-12/h4-8,10H,9,11H2,1-3H3,(H,18,23)(H,21,22). The molecule has 8 heteroatoms. The van der Waals surface area contributed by atoms with Gasteiger partial charge in [0.2, 0.25) is 0 Å². The maximum absolute atomic E-state index is 12.6. The first-order valence-corrected chi connectivity index (χ1v) is 7.61. The van der Waals surface area contributed by atoms with Gasteiger partial charge in [-0.2, -0.15) is 5.10 Å². The number of amides is 1. The van der Waals surface area contributed by atoms with Gasteiger partial charge in [0.25, 0.3) is 5.91 Å². The van der Waals surface area contributed by atoms with Gasteiger partial charge in [-0.1, -0.05) is 18.2 Å². The molecule has 2 rings (SSSR count). The van der Waals surface area contributed by atoms with Crippen molar-refractivity contribution in [3.63, 3.8) is 0 Å². The van der Waals surface area contributed by atoms with Crippen LogP contribution in [0.4, 0.5) is 0 Å². The minimum absolute atomic E-state index is 0.0484. The summed E-state index contributed by atoms with van der Waals surface area (Å²) < 4.78 is 11.8. The Kier molecular flexibility index (Phi) is 5.76. The van der Waals surface area contributed by atoms with Gasteiger partial charge in [0, 0.05) is 7.11 Å². The Balaban J connectivity index is 2.29. The van der Waals surface area contributed by atoms with Gasteiger partial charge in [0.1, 0.15) is 0 Å². The molecular weight excluding hydrogens is 326 g/mol. The van der Waals surface area contributed by atoms with Crippen LogP contribution < -0.4 is 10.1 Å². The highest BCUT2D eigenvalue weighted by Crippen LogP contribution is 2.21. The number of hydrogen-bond donors (Lipinski definition) is 2. The largest absolute Gasteiger partial charge is 0.493 e. The summed E-state index contributed by atoms with van der Waals surface area (Å²) >= 11 is 0. The molecule has 2 N–H and O–H groups in total. The SMILES string of the molecule is COCC(C)(CC(=O)O)NC(=O)c1nn(-c2ccccc2)cc1OC. The number of nitrogens with one attached hydrogen (secondary N) is 1. The number of carbonyl (C=O) groups excluding carboxylic acids is 1. The number of benzene rings is 1. The third-order valence-corrected chi connectivity index (χ3v) is 3.56. The molecule has 0 saturated carbocycles. The van der Waals surface area contributed by atoms with Gasteiger partial charge in [-0.25, -0.2) is 4.68 Å². The quantitative estimate of drug-likeness (QED) is 0.750. The molecule has 1 aromatic heterocycles. The van der Waals surface area contributed by atoms with E-state index in [9.17, 15) is 9.59 Å². The summed E-state index contributed by atoms with van der Waals surface area (Å²) in [7, 11) is 2.88. The Labute approximate surface area is 145 Å². The Morgan fingerprint density at radius 2 is 1.96 bits per heavy atom. The van der Waals surface area contributed by atoms with E-state index in [0.29, 0.717) is 0 Å². The van der Waals surface area contributed by atoms with Gasteiger partial charge in [0.15, 0.2) is 11.4 Å². The first-order valence-electron chi connectivity index (χ1n) is 7.61. The van der Waals surface area contributed by atoms with E-state index < -0.39 is 17.4 Å². The molecule has 0 aliphatic rings. The number of aromatic nitrogens is 2. The van der Waals surface area contributed by atoms with Gasteiger partial charge in [-0.3, -0.25) is 9.59 Å². The summed E-state index contributed by atoms with van der Waals surface area (Å²) in [6.07, 6.45) is 1.31. The van der Waals surface area contributed by atoms with Gasteiger partial charge >= 0.3 is 5.97 Å².